The van der Waals surface area contributed by atoms with E-state index in [0.29, 0.717) is 26.7 Å². The van der Waals surface area contributed by atoms with E-state index in [1.807, 2.05) is 50.2 Å². The molecule has 2 amide bonds. The summed E-state index contributed by atoms with van der Waals surface area (Å²) in [7, 11) is 3.24. The Morgan fingerprint density at radius 3 is 2.44 bits per heavy atom. The summed E-state index contributed by atoms with van der Waals surface area (Å²) in [5, 5.41) is 3.75. The lowest BCUT2D eigenvalue weighted by Crippen LogP contribution is -2.26. The zero-order valence-corrected chi connectivity index (χ0v) is 19.1. The molecule has 7 heteroatoms. The van der Waals surface area contributed by atoms with Gasteiger partial charge >= 0.3 is 0 Å². The summed E-state index contributed by atoms with van der Waals surface area (Å²) in [6.07, 6.45) is 0. The van der Waals surface area contributed by atoms with Crippen molar-refractivity contribution in [3.05, 3.63) is 82.4 Å². The van der Waals surface area contributed by atoms with E-state index in [4.69, 9.17) is 4.74 Å². The van der Waals surface area contributed by atoms with Crippen molar-refractivity contribution in [2.75, 3.05) is 24.4 Å². The number of rotatable bonds is 5. The molecule has 0 aliphatic carbocycles. The smallest absolute Gasteiger partial charge is 0.270 e. The molecule has 162 valence electrons. The van der Waals surface area contributed by atoms with Gasteiger partial charge < -0.3 is 15.0 Å². The fourth-order valence-corrected chi connectivity index (χ4v) is 4.87. The van der Waals surface area contributed by atoms with E-state index in [9.17, 15) is 9.59 Å². The number of carbonyl (C=O) groups excluding carboxylic acids is 2. The zero-order valence-electron chi connectivity index (χ0n) is 18.3. The number of hydrogen-bond acceptors (Lipinski definition) is 5. The Hall–Kier alpha value is -3.71. The normalized spacial score (nSPS) is 10.8. The molecule has 6 nitrogen and oxygen atoms in total. The van der Waals surface area contributed by atoms with Crippen LogP contribution in [0.1, 0.15) is 31.3 Å². The summed E-state index contributed by atoms with van der Waals surface area (Å²) in [5.74, 6) is -0.102. The van der Waals surface area contributed by atoms with Crippen LogP contribution in [0.15, 0.2) is 60.7 Å². The van der Waals surface area contributed by atoms with Gasteiger partial charge in [0.1, 0.15) is 15.5 Å². The number of benzene rings is 2. The van der Waals surface area contributed by atoms with Crippen molar-refractivity contribution in [1.82, 2.24) is 4.98 Å². The van der Waals surface area contributed by atoms with E-state index in [-0.39, 0.29) is 11.8 Å². The number of carbonyl (C=O) groups is 2. The van der Waals surface area contributed by atoms with Crippen molar-refractivity contribution < 1.29 is 14.3 Å². The van der Waals surface area contributed by atoms with E-state index < -0.39 is 0 Å². The highest BCUT2D eigenvalue weighted by Gasteiger charge is 2.26. The number of hydrogen-bond donors (Lipinski definition) is 1. The molecule has 0 bridgehead atoms. The maximum atomic E-state index is 13.5. The molecule has 0 fully saturated rings. The molecule has 0 atom stereocenters. The van der Waals surface area contributed by atoms with Gasteiger partial charge in [-0.3, -0.25) is 9.59 Å². The lowest BCUT2D eigenvalue weighted by Gasteiger charge is -2.18. The molecule has 4 rings (SSSR count). The Morgan fingerprint density at radius 1 is 1.03 bits per heavy atom. The van der Waals surface area contributed by atoms with E-state index in [2.05, 4.69) is 10.3 Å². The molecule has 0 aliphatic rings. The van der Waals surface area contributed by atoms with E-state index in [1.165, 1.54) is 18.4 Å². The molecular formula is C25H23N3O3S. The average molecular weight is 446 g/mol. The minimum atomic E-state index is -0.349. The number of amides is 2. The quantitative estimate of drug-likeness (QED) is 0.443. The number of ether oxygens (including phenoxy) is 1. The maximum absolute atomic E-state index is 13.5. The molecule has 2 aromatic carbocycles. The Bertz CT molecular complexity index is 1320. The first-order valence-corrected chi connectivity index (χ1v) is 10.9. The number of fused-ring (bicyclic) bond motifs is 1. The Balaban J connectivity index is 1.83. The van der Waals surface area contributed by atoms with Crippen molar-refractivity contribution in [2.45, 2.75) is 13.8 Å². The molecule has 0 spiro atoms. The van der Waals surface area contributed by atoms with Gasteiger partial charge in [0.15, 0.2) is 0 Å². The van der Waals surface area contributed by atoms with Crippen LogP contribution >= 0.6 is 11.3 Å². The highest BCUT2D eigenvalue weighted by molar-refractivity contribution is 7.21. The third-order valence-corrected chi connectivity index (χ3v) is 6.29. The number of nitrogens with one attached hydrogen (secondary N) is 1. The van der Waals surface area contributed by atoms with Crippen molar-refractivity contribution in [3.63, 3.8) is 0 Å². The van der Waals surface area contributed by atoms with Gasteiger partial charge in [-0.25, -0.2) is 4.98 Å². The third kappa shape index (κ3) is 3.94. The number of aryl methyl sites for hydroxylation is 2. The predicted molar refractivity (Wildman–Crippen MR) is 129 cm³/mol. The molecule has 0 saturated heterocycles. The van der Waals surface area contributed by atoms with Crippen LogP contribution in [0, 0.1) is 13.8 Å². The highest BCUT2D eigenvalue weighted by atomic mass is 32.1. The van der Waals surface area contributed by atoms with Crippen molar-refractivity contribution in [2.24, 2.45) is 0 Å². The second-order valence-corrected chi connectivity index (χ2v) is 8.42. The largest absolute Gasteiger partial charge is 0.496 e. The lowest BCUT2D eigenvalue weighted by molar-refractivity contribution is 0.0997. The van der Waals surface area contributed by atoms with Crippen LogP contribution in [-0.2, 0) is 0 Å². The molecule has 0 aliphatic heterocycles. The topological polar surface area (TPSA) is 71.5 Å². The predicted octanol–water partition coefficient (Wildman–Crippen LogP) is 5.45. The first-order valence-electron chi connectivity index (χ1n) is 10.1. The van der Waals surface area contributed by atoms with Gasteiger partial charge in [-0.1, -0.05) is 30.3 Å². The van der Waals surface area contributed by atoms with Gasteiger partial charge in [0.05, 0.1) is 18.4 Å². The number of nitrogens with zero attached hydrogens (tertiary/aromatic N) is 2. The Morgan fingerprint density at radius 2 is 1.72 bits per heavy atom. The molecule has 4 aromatic rings. The van der Waals surface area contributed by atoms with Gasteiger partial charge in [-0.05, 0) is 49.7 Å². The number of aromatic nitrogens is 1. The first kappa shape index (κ1) is 21.5. The molecule has 0 radical (unpaired) electrons. The fraction of sp³-hybridized carbons (Fsp3) is 0.160. The fourth-order valence-electron chi connectivity index (χ4n) is 3.65. The number of thiophene rings is 1. The Kier molecular flexibility index (Phi) is 5.92. The highest BCUT2D eigenvalue weighted by Crippen LogP contribution is 2.39. The second-order valence-electron chi connectivity index (χ2n) is 7.42. The number of methoxy groups -OCH3 is 1. The molecule has 2 heterocycles. The van der Waals surface area contributed by atoms with Gasteiger partial charge in [-0.2, -0.15) is 0 Å². The summed E-state index contributed by atoms with van der Waals surface area (Å²) < 4.78 is 5.34. The minimum absolute atomic E-state index is 0.216. The molecule has 32 heavy (non-hydrogen) atoms. The van der Waals surface area contributed by atoms with Crippen LogP contribution in [0.5, 0.6) is 5.75 Å². The van der Waals surface area contributed by atoms with Crippen LogP contribution in [-0.4, -0.2) is 31.0 Å². The zero-order chi connectivity index (χ0) is 22.8. The monoisotopic (exact) mass is 445 g/mol. The third-order valence-electron chi connectivity index (χ3n) is 5.22. The number of para-hydroxylation sites is 2. The standard InChI is InChI=1S/C25H23N3O3S/c1-15-14-16(2)26-24-20(15)21(27-23(29)18-12-8-9-13-19(18)31-4)22(32-24)25(30)28(3)17-10-6-5-7-11-17/h5-14H,1-4H3,(H,27,29). The average Bonchev–Trinajstić information content (AvgIpc) is 3.16. The minimum Gasteiger partial charge on any atom is -0.496 e. The van der Waals surface area contributed by atoms with Crippen molar-refractivity contribution in [3.8, 4) is 5.75 Å². The van der Waals surface area contributed by atoms with Crippen LogP contribution < -0.4 is 15.0 Å². The number of anilines is 2. The molecular weight excluding hydrogens is 422 g/mol. The summed E-state index contributed by atoms with van der Waals surface area (Å²) in [5.41, 5.74) is 3.42. The summed E-state index contributed by atoms with van der Waals surface area (Å²) in [6, 6.07) is 18.3. The van der Waals surface area contributed by atoms with E-state index >= 15 is 0 Å². The number of pyridine rings is 1. The molecule has 1 N–H and O–H groups in total. The van der Waals surface area contributed by atoms with Gasteiger partial charge in [0.2, 0.25) is 0 Å². The second kappa shape index (κ2) is 8.80. The Labute approximate surface area is 190 Å². The lowest BCUT2D eigenvalue weighted by atomic mass is 10.1. The van der Waals surface area contributed by atoms with E-state index in [0.717, 1.165) is 22.3 Å². The van der Waals surface area contributed by atoms with Crippen molar-refractivity contribution >= 4 is 44.7 Å². The SMILES string of the molecule is COc1ccccc1C(=O)Nc1c(C(=O)N(C)c2ccccc2)sc2nc(C)cc(C)c12. The summed E-state index contributed by atoms with van der Waals surface area (Å²) in [4.78, 5) is 34.0. The van der Waals surface area contributed by atoms with Gasteiger partial charge in [-0.15, -0.1) is 11.3 Å². The van der Waals surface area contributed by atoms with Gasteiger partial charge in [0.25, 0.3) is 11.8 Å². The van der Waals surface area contributed by atoms with Crippen molar-refractivity contribution in [1.29, 1.82) is 0 Å². The van der Waals surface area contributed by atoms with Crippen LogP contribution in [0.4, 0.5) is 11.4 Å². The van der Waals surface area contributed by atoms with Crippen LogP contribution in [0.25, 0.3) is 10.2 Å². The van der Waals surface area contributed by atoms with E-state index in [1.54, 1.807) is 36.2 Å². The van der Waals surface area contributed by atoms with Crippen LogP contribution in [0.2, 0.25) is 0 Å². The van der Waals surface area contributed by atoms with Crippen LogP contribution in [0.3, 0.4) is 0 Å². The molecule has 2 aromatic heterocycles. The molecule has 0 saturated carbocycles. The molecule has 0 unspecified atom stereocenters. The maximum Gasteiger partial charge on any atom is 0.270 e. The first-order chi connectivity index (χ1) is 15.4. The van der Waals surface area contributed by atoms with Gasteiger partial charge in [0, 0.05) is 23.8 Å². The summed E-state index contributed by atoms with van der Waals surface area (Å²) in [6.45, 7) is 3.87. The summed E-state index contributed by atoms with van der Waals surface area (Å²) >= 11 is 1.28.